The van der Waals surface area contributed by atoms with Gasteiger partial charge in [-0.15, -0.1) is 0 Å². The summed E-state index contributed by atoms with van der Waals surface area (Å²) in [7, 11) is 0. The zero-order valence-corrected chi connectivity index (χ0v) is 19.7. The van der Waals surface area contributed by atoms with Crippen LogP contribution in [-0.2, 0) is 13.0 Å². The first-order valence-electron chi connectivity index (χ1n) is 11.9. The lowest BCUT2D eigenvalue weighted by molar-refractivity contribution is 0.0189. The van der Waals surface area contributed by atoms with Crippen molar-refractivity contribution in [2.24, 2.45) is 0 Å². The zero-order chi connectivity index (χ0) is 25.4. The van der Waals surface area contributed by atoms with E-state index in [-0.39, 0.29) is 30.0 Å². The fourth-order valence-electron chi connectivity index (χ4n) is 4.45. The number of aryl methyl sites for hydroxylation is 1. The lowest BCUT2D eigenvalue weighted by atomic mass is 10.1. The summed E-state index contributed by atoms with van der Waals surface area (Å²) in [5, 5.41) is 1.41. The van der Waals surface area contributed by atoms with Crippen molar-refractivity contribution in [2.45, 2.75) is 26.1 Å². The number of aromatic amines is 1. The normalized spacial score (nSPS) is 17.4. The van der Waals surface area contributed by atoms with E-state index in [4.69, 9.17) is 0 Å². The van der Waals surface area contributed by atoms with Gasteiger partial charge in [-0.25, -0.2) is 23.8 Å². The fourth-order valence-corrected chi connectivity index (χ4v) is 4.45. The Balaban J connectivity index is 1.21. The molecule has 2 aliphatic heterocycles. The predicted octanol–water partition coefficient (Wildman–Crippen LogP) is 1.78. The number of hydrazine groups is 1. The number of halogens is 3. The van der Waals surface area contributed by atoms with E-state index in [9.17, 15) is 22.8 Å². The first-order chi connectivity index (χ1) is 17.3. The SMILES string of the molecule is CCc1nc2cc(F)c(CN3CCN(c4ccc(C(=O)NN5CC(F)C5)nc4F)CC3)cc2[nH]c1=O. The molecule has 0 bridgehead atoms. The molecule has 1 aromatic carbocycles. The molecule has 0 aliphatic carbocycles. The second-order valence-corrected chi connectivity index (χ2v) is 9.04. The highest BCUT2D eigenvalue weighted by Gasteiger charge is 2.28. The quantitative estimate of drug-likeness (QED) is 0.497. The van der Waals surface area contributed by atoms with Crippen molar-refractivity contribution < 1.29 is 18.0 Å². The Morgan fingerprint density at radius 3 is 2.56 bits per heavy atom. The van der Waals surface area contributed by atoms with E-state index >= 15 is 0 Å². The monoisotopic (exact) mass is 501 g/mol. The van der Waals surface area contributed by atoms with E-state index in [0.29, 0.717) is 61.4 Å². The minimum absolute atomic E-state index is 0.0810. The molecule has 0 atom stereocenters. The second kappa shape index (κ2) is 9.86. The molecule has 0 spiro atoms. The Morgan fingerprint density at radius 2 is 1.89 bits per heavy atom. The number of carbonyl (C=O) groups is 1. The molecule has 2 aromatic heterocycles. The number of hydrogen-bond donors (Lipinski definition) is 2. The minimum atomic E-state index is -0.969. The van der Waals surface area contributed by atoms with Crippen LogP contribution >= 0.6 is 0 Å². The van der Waals surface area contributed by atoms with Crippen LogP contribution in [0.2, 0.25) is 0 Å². The van der Waals surface area contributed by atoms with Crippen LogP contribution in [0.15, 0.2) is 29.1 Å². The number of H-pyrrole nitrogens is 1. The lowest BCUT2D eigenvalue weighted by Crippen LogP contribution is -2.57. The van der Waals surface area contributed by atoms with E-state index in [1.807, 2.05) is 16.7 Å². The summed E-state index contributed by atoms with van der Waals surface area (Å²) < 4.78 is 42.4. The molecule has 2 saturated heterocycles. The van der Waals surface area contributed by atoms with Gasteiger partial charge in [0.05, 0.1) is 29.8 Å². The van der Waals surface area contributed by atoms with Crippen molar-refractivity contribution in [1.82, 2.24) is 30.3 Å². The Morgan fingerprint density at radius 1 is 1.14 bits per heavy atom. The van der Waals surface area contributed by atoms with Gasteiger partial charge in [0, 0.05) is 44.4 Å². The fraction of sp³-hybridized carbons (Fsp3) is 0.417. The molecule has 4 heterocycles. The van der Waals surface area contributed by atoms with Gasteiger partial charge in [0.1, 0.15) is 23.4 Å². The molecule has 3 aromatic rings. The molecule has 2 fully saturated rings. The van der Waals surface area contributed by atoms with Crippen molar-refractivity contribution >= 4 is 22.6 Å². The minimum Gasteiger partial charge on any atom is -0.365 e. The van der Waals surface area contributed by atoms with Gasteiger partial charge in [-0.1, -0.05) is 6.92 Å². The topological polar surface area (TPSA) is 97.5 Å². The molecule has 36 heavy (non-hydrogen) atoms. The Kier molecular flexibility index (Phi) is 6.63. The summed E-state index contributed by atoms with van der Waals surface area (Å²) in [4.78, 5) is 39.0. The Labute approximate surface area is 204 Å². The van der Waals surface area contributed by atoms with Gasteiger partial charge in [-0.05, 0) is 24.6 Å². The summed E-state index contributed by atoms with van der Waals surface area (Å²) in [5.41, 5.74) is 4.14. The molecular weight excluding hydrogens is 475 g/mol. The van der Waals surface area contributed by atoms with E-state index < -0.39 is 23.8 Å². The number of fused-ring (bicyclic) bond motifs is 1. The van der Waals surface area contributed by atoms with Crippen LogP contribution in [0.4, 0.5) is 18.9 Å². The third-order valence-corrected chi connectivity index (χ3v) is 6.53. The van der Waals surface area contributed by atoms with Crippen molar-refractivity contribution in [3.63, 3.8) is 0 Å². The number of carbonyl (C=O) groups excluding carboxylic acids is 1. The van der Waals surface area contributed by atoms with Crippen LogP contribution in [0.5, 0.6) is 0 Å². The zero-order valence-electron chi connectivity index (χ0n) is 19.7. The van der Waals surface area contributed by atoms with Crippen molar-refractivity contribution in [1.29, 1.82) is 0 Å². The number of amides is 1. The molecular formula is C24H26F3N7O2. The van der Waals surface area contributed by atoms with Crippen LogP contribution in [0.25, 0.3) is 11.0 Å². The van der Waals surface area contributed by atoms with E-state index in [1.54, 1.807) is 6.07 Å². The number of hydrogen-bond acceptors (Lipinski definition) is 7. The smallest absolute Gasteiger partial charge is 0.284 e. The summed E-state index contributed by atoms with van der Waals surface area (Å²) in [5.74, 6) is -1.74. The number of rotatable bonds is 6. The van der Waals surface area contributed by atoms with Crippen LogP contribution in [-0.4, -0.2) is 76.2 Å². The highest BCUT2D eigenvalue weighted by Crippen LogP contribution is 2.22. The molecule has 12 heteroatoms. The van der Waals surface area contributed by atoms with Gasteiger partial charge in [-0.3, -0.25) is 19.9 Å². The maximum Gasteiger partial charge on any atom is 0.284 e. The average Bonchev–Trinajstić information content (AvgIpc) is 2.84. The summed E-state index contributed by atoms with van der Waals surface area (Å²) >= 11 is 0. The third-order valence-electron chi connectivity index (χ3n) is 6.53. The summed E-state index contributed by atoms with van der Waals surface area (Å²) in [6.07, 6.45) is -0.506. The molecule has 0 saturated carbocycles. The first kappa shape index (κ1) is 24.2. The maximum atomic E-state index is 14.8. The molecule has 9 nitrogen and oxygen atoms in total. The number of anilines is 1. The third kappa shape index (κ3) is 4.91. The van der Waals surface area contributed by atoms with Gasteiger partial charge in [0.15, 0.2) is 0 Å². The van der Waals surface area contributed by atoms with Crippen LogP contribution in [0.3, 0.4) is 0 Å². The highest BCUT2D eigenvalue weighted by atomic mass is 19.1. The maximum absolute atomic E-state index is 14.8. The molecule has 2 N–H and O–H groups in total. The predicted molar refractivity (Wildman–Crippen MR) is 127 cm³/mol. The number of alkyl halides is 1. The lowest BCUT2D eigenvalue weighted by Gasteiger charge is -2.36. The van der Waals surface area contributed by atoms with Gasteiger partial charge in [-0.2, -0.15) is 4.39 Å². The molecule has 0 radical (unpaired) electrons. The number of benzene rings is 1. The second-order valence-electron chi connectivity index (χ2n) is 9.04. The summed E-state index contributed by atoms with van der Waals surface area (Å²) in [6, 6.07) is 5.91. The van der Waals surface area contributed by atoms with Crippen molar-refractivity contribution in [2.75, 3.05) is 44.2 Å². The van der Waals surface area contributed by atoms with Gasteiger partial charge in [0.25, 0.3) is 11.5 Å². The van der Waals surface area contributed by atoms with Crippen molar-refractivity contribution in [3.8, 4) is 0 Å². The highest BCUT2D eigenvalue weighted by molar-refractivity contribution is 5.92. The van der Waals surface area contributed by atoms with Crippen molar-refractivity contribution in [3.05, 3.63) is 63.3 Å². The van der Waals surface area contributed by atoms with Crippen LogP contribution < -0.4 is 15.9 Å². The van der Waals surface area contributed by atoms with Gasteiger partial charge >= 0.3 is 0 Å². The molecule has 5 rings (SSSR count). The Hall–Kier alpha value is -3.51. The molecule has 0 unspecified atom stereocenters. The Bertz CT molecular complexity index is 1350. The number of nitrogens with zero attached hydrogens (tertiary/aromatic N) is 5. The van der Waals surface area contributed by atoms with E-state index in [0.717, 1.165) is 0 Å². The van der Waals surface area contributed by atoms with Crippen LogP contribution in [0.1, 0.15) is 28.7 Å². The number of aromatic nitrogens is 3. The van der Waals surface area contributed by atoms with E-state index in [1.165, 1.54) is 23.2 Å². The molecule has 1 amide bonds. The van der Waals surface area contributed by atoms with Gasteiger partial charge in [0.2, 0.25) is 5.95 Å². The summed E-state index contributed by atoms with van der Waals surface area (Å²) in [6.45, 7) is 4.46. The number of nitrogens with one attached hydrogen (secondary N) is 2. The number of piperazine rings is 1. The first-order valence-corrected chi connectivity index (χ1v) is 11.9. The molecule has 2 aliphatic rings. The van der Waals surface area contributed by atoms with E-state index in [2.05, 4.69) is 20.4 Å². The average molecular weight is 502 g/mol. The standard InChI is InChI=1S/C24H26F3N7O2/c1-2-17-23(35)30-19-9-14(16(26)10-20(19)28-17)11-32-5-7-33(8-6-32)21-4-3-18(29-22(21)27)24(36)31-34-12-15(25)13-34/h3-4,9-10,15H,2,5-8,11-13H2,1H3,(H,30,35)(H,31,36). The largest absolute Gasteiger partial charge is 0.365 e. The molecule has 190 valence electrons. The van der Waals surface area contributed by atoms with Crippen LogP contribution in [0, 0.1) is 11.8 Å². The van der Waals surface area contributed by atoms with Gasteiger partial charge < -0.3 is 9.88 Å². The number of pyridine rings is 1.